The predicted octanol–water partition coefficient (Wildman–Crippen LogP) is 1.41. The highest BCUT2D eigenvalue weighted by Gasteiger charge is 2.31. The van der Waals surface area contributed by atoms with E-state index in [1.165, 1.54) is 0 Å². The molecule has 0 spiro atoms. The van der Waals surface area contributed by atoms with E-state index >= 15 is 0 Å². The Kier molecular flexibility index (Phi) is 5.38. The molecule has 0 aliphatic heterocycles. The number of benzene rings is 1. The van der Waals surface area contributed by atoms with E-state index in [-0.39, 0.29) is 24.8 Å². The summed E-state index contributed by atoms with van der Waals surface area (Å²) in [6.45, 7) is 2.37. The van der Waals surface area contributed by atoms with Crippen LogP contribution in [-0.4, -0.2) is 35.9 Å². The van der Waals surface area contributed by atoms with Crippen molar-refractivity contribution in [2.75, 3.05) is 6.61 Å². The summed E-state index contributed by atoms with van der Waals surface area (Å²) < 4.78 is 5.16. The molecular weight excluding hydrogens is 256 g/mol. The lowest BCUT2D eigenvalue weighted by molar-refractivity contribution is 0.122. The lowest BCUT2D eigenvalue weighted by Crippen LogP contribution is -2.54. The largest absolute Gasteiger partial charge is 0.445 e. The first-order valence-corrected chi connectivity index (χ1v) is 7.01. The minimum Gasteiger partial charge on any atom is -0.445 e. The normalized spacial score (nSPS) is 22.7. The predicted molar refractivity (Wildman–Crippen MR) is 76.3 cm³/mol. The summed E-state index contributed by atoms with van der Waals surface area (Å²) in [6.07, 6.45) is 1.39. The Hall–Kier alpha value is -1.59. The third-order valence-electron chi connectivity index (χ3n) is 3.47. The number of ether oxygens (including phenoxy) is 1. The van der Waals surface area contributed by atoms with Gasteiger partial charge in [-0.05, 0) is 25.3 Å². The summed E-state index contributed by atoms with van der Waals surface area (Å²) in [5.74, 6) is 0. The van der Waals surface area contributed by atoms with Gasteiger partial charge in [-0.1, -0.05) is 30.3 Å². The van der Waals surface area contributed by atoms with Crippen molar-refractivity contribution in [2.45, 2.75) is 44.5 Å². The van der Waals surface area contributed by atoms with Crippen molar-refractivity contribution in [3.8, 4) is 0 Å². The number of rotatable bonds is 6. The van der Waals surface area contributed by atoms with Crippen LogP contribution in [0.4, 0.5) is 4.79 Å². The zero-order chi connectivity index (χ0) is 14.4. The number of alkyl carbamates (subject to hydrolysis) is 1. The molecule has 2 rings (SSSR count). The van der Waals surface area contributed by atoms with Crippen molar-refractivity contribution in [3.05, 3.63) is 35.9 Å². The minimum atomic E-state index is -0.368. The van der Waals surface area contributed by atoms with E-state index in [2.05, 4.69) is 10.6 Å². The summed E-state index contributed by atoms with van der Waals surface area (Å²) in [6, 6.07) is 10.3. The Labute approximate surface area is 119 Å². The van der Waals surface area contributed by atoms with E-state index in [9.17, 15) is 4.79 Å². The maximum absolute atomic E-state index is 11.6. The molecule has 1 aliphatic carbocycles. The lowest BCUT2D eigenvalue weighted by atomic mass is 9.86. The number of nitrogens with one attached hydrogen (secondary N) is 2. The fourth-order valence-corrected chi connectivity index (χ4v) is 2.26. The van der Waals surface area contributed by atoms with Crippen LogP contribution in [-0.2, 0) is 11.3 Å². The second-order valence-corrected chi connectivity index (χ2v) is 5.32. The van der Waals surface area contributed by atoms with Crippen molar-refractivity contribution >= 4 is 6.09 Å². The van der Waals surface area contributed by atoms with Crippen LogP contribution in [0.15, 0.2) is 30.3 Å². The Balaban J connectivity index is 1.60. The van der Waals surface area contributed by atoms with Gasteiger partial charge in [0.05, 0.1) is 6.61 Å². The molecule has 1 atom stereocenters. The van der Waals surface area contributed by atoms with Gasteiger partial charge in [0.25, 0.3) is 0 Å². The molecular formula is C15H22N2O3. The van der Waals surface area contributed by atoms with Gasteiger partial charge >= 0.3 is 6.09 Å². The van der Waals surface area contributed by atoms with E-state index < -0.39 is 0 Å². The number of amides is 1. The second kappa shape index (κ2) is 7.26. The van der Waals surface area contributed by atoms with Crippen molar-refractivity contribution in [1.82, 2.24) is 10.6 Å². The molecule has 5 nitrogen and oxygen atoms in total. The summed E-state index contributed by atoms with van der Waals surface area (Å²) in [7, 11) is 0. The Bertz CT molecular complexity index is 418. The first kappa shape index (κ1) is 14.8. The Morgan fingerprint density at radius 2 is 2.05 bits per heavy atom. The maximum Gasteiger partial charge on any atom is 0.407 e. The van der Waals surface area contributed by atoms with Gasteiger partial charge in [-0.25, -0.2) is 4.79 Å². The monoisotopic (exact) mass is 278 g/mol. The third-order valence-corrected chi connectivity index (χ3v) is 3.47. The molecule has 1 amide bonds. The average molecular weight is 278 g/mol. The molecule has 3 N–H and O–H groups in total. The number of carbonyl (C=O) groups excluding carboxylic acids is 1. The maximum atomic E-state index is 11.6. The van der Waals surface area contributed by atoms with Crippen LogP contribution >= 0.6 is 0 Å². The van der Waals surface area contributed by atoms with Crippen LogP contribution in [0.1, 0.15) is 25.3 Å². The fourth-order valence-electron chi connectivity index (χ4n) is 2.26. The number of carbonyl (C=O) groups is 1. The molecule has 110 valence electrons. The van der Waals surface area contributed by atoms with Gasteiger partial charge in [0.15, 0.2) is 0 Å². The first-order valence-electron chi connectivity index (χ1n) is 7.01. The van der Waals surface area contributed by atoms with Gasteiger partial charge in [-0.3, -0.25) is 0 Å². The number of hydrogen-bond acceptors (Lipinski definition) is 4. The summed E-state index contributed by atoms with van der Waals surface area (Å²) >= 11 is 0. The molecule has 0 heterocycles. The Morgan fingerprint density at radius 1 is 1.35 bits per heavy atom. The topological polar surface area (TPSA) is 70.6 Å². The van der Waals surface area contributed by atoms with Gasteiger partial charge in [0.1, 0.15) is 6.61 Å². The summed E-state index contributed by atoms with van der Waals surface area (Å²) in [5.41, 5.74) is 0.979. The molecule has 0 radical (unpaired) electrons. The lowest BCUT2D eigenvalue weighted by Gasteiger charge is -2.37. The zero-order valence-corrected chi connectivity index (χ0v) is 11.7. The summed E-state index contributed by atoms with van der Waals surface area (Å²) in [5, 5.41) is 15.1. The average Bonchev–Trinajstić information content (AvgIpc) is 2.43. The van der Waals surface area contributed by atoms with Crippen LogP contribution in [0.2, 0.25) is 0 Å². The smallest absolute Gasteiger partial charge is 0.407 e. The molecule has 0 saturated heterocycles. The van der Waals surface area contributed by atoms with Crippen LogP contribution in [0.3, 0.4) is 0 Å². The highest BCUT2D eigenvalue weighted by atomic mass is 16.5. The van der Waals surface area contributed by atoms with Gasteiger partial charge in [-0.15, -0.1) is 0 Å². The highest BCUT2D eigenvalue weighted by molar-refractivity contribution is 5.67. The van der Waals surface area contributed by atoms with E-state index in [1.54, 1.807) is 0 Å². The molecule has 5 heteroatoms. The molecule has 1 fully saturated rings. The highest BCUT2D eigenvalue weighted by Crippen LogP contribution is 2.20. The SMILES string of the molecule is CC(CO)NC1CC(NC(=O)OCc2ccccc2)C1. The number of hydrogen-bond donors (Lipinski definition) is 3. The number of aliphatic hydroxyl groups excluding tert-OH is 1. The van der Waals surface area contributed by atoms with Crippen LogP contribution in [0, 0.1) is 0 Å². The quantitative estimate of drug-likeness (QED) is 0.736. The minimum absolute atomic E-state index is 0.103. The van der Waals surface area contributed by atoms with Gasteiger partial charge in [0.2, 0.25) is 0 Å². The fraction of sp³-hybridized carbons (Fsp3) is 0.533. The molecule has 1 aromatic carbocycles. The van der Waals surface area contributed by atoms with Gasteiger partial charge in [0, 0.05) is 18.1 Å². The zero-order valence-electron chi connectivity index (χ0n) is 11.7. The van der Waals surface area contributed by atoms with E-state index in [0.717, 1.165) is 18.4 Å². The molecule has 1 saturated carbocycles. The van der Waals surface area contributed by atoms with Gasteiger partial charge in [-0.2, -0.15) is 0 Å². The van der Waals surface area contributed by atoms with Gasteiger partial charge < -0.3 is 20.5 Å². The Morgan fingerprint density at radius 3 is 2.70 bits per heavy atom. The van der Waals surface area contributed by atoms with Crippen molar-refractivity contribution in [2.24, 2.45) is 0 Å². The molecule has 1 unspecified atom stereocenters. The summed E-state index contributed by atoms with van der Waals surface area (Å²) in [4.78, 5) is 11.6. The van der Waals surface area contributed by atoms with Crippen LogP contribution in [0.25, 0.3) is 0 Å². The standard InChI is InChI=1S/C15H22N2O3/c1-11(9-18)16-13-7-14(8-13)17-15(19)20-10-12-5-3-2-4-6-12/h2-6,11,13-14,16,18H,7-10H2,1H3,(H,17,19). The van der Waals surface area contributed by atoms with Crippen molar-refractivity contribution in [1.29, 1.82) is 0 Å². The molecule has 0 aromatic heterocycles. The van der Waals surface area contributed by atoms with Crippen molar-refractivity contribution < 1.29 is 14.6 Å². The third kappa shape index (κ3) is 4.51. The van der Waals surface area contributed by atoms with Crippen molar-refractivity contribution in [3.63, 3.8) is 0 Å². The molecule has 1 aromatic rings. The molecule has 20 heavy (non-hydrogen) atoms. The first-order chi connectivity index (χ1) is 9.67. The van der Waals surface area contributed by atoms with Crippen LogP contribution in [0.5, 0.6) is 0 Å². The van der Waals surface area contributed by atoms with E-state index in [1.807, 2.05) is 37.3 Å². The molecule has 0 bridgehead atoms. The molecule has 1 aliphatic rings. The second-order valence-electron chi connectivity index (χ2n) is 5.32. The van der Waals surface area contributed by atoms with Crippen LogP contribution < -0.4 is 10.6 Å². The number of aliphatic hydroxyl groups is 1. The van der Waals surface area contributed by atoms with E-state index in [4.69, 9.17) is 9.84 Å². The van der Waals surface area contributed by atoms with E-state index in [0.29, 0.717) is 12.6 Å².